The summed E-state index contributed by atoms with van der Waals surface area (Å²) in [5, 5.41) is 11.3. The fourth-order valence-corrected chi connectivity index (χ4v) is 4.65. The molecule has 6 nitrogen and oxygen atoms in total. The van der Waals surface area contributed by atoms with Gasteiger partial charge in [0.15, 0.2) is 0 Å². The minimum Gasteiger partial charge on any atom is -0.481 e. The smallest absolute Gasteiger partial charge is 0.305 e. The molecule has 2 N–H and O–H groups in total. The van der Waals surface area contributed by atoms with Crippen LogP contribution in [-0.4, -0.2) is 57.4 Å². The maximum absolute atomic E-state index is 13.8. The molecule has 26 heavy (non-hydrogen) atoms. The second-order valence-electron chi connectivity index (χ2n) is 6.60. The van der Waals surface area contributed by atoms with Crippen LogP contribution >= 0.6 is 11.8 Å². The van der Waals surface area contributed by atoms with Crippen LogP contribution in [-0.2, 0) is 20.8 Å². The van der Waals surface area contributed by atoms with E-state index in [1.165, 1.54) is 17.8 Å². The molecule has 0 spiro atoms. The number of carboxylic acid groups (broad SMARTS) is 1. The number of aliphatic carboxylic acids is 1. The lowest BCUT2D eigenvalue weighted by Gasteiger charge is -2.33. The number of likely N-dealkylation sites (tertiary alicyclic amines) is 1. The van der Waals surface area contributed by atoms with Crippen molar-refractivity contribution in [3.8, 4) is 0 Å². The summed E-state index contributed by atoms with van der Waals surface area (Å²) >= 11 is 1.34. The topological polar surface area (TPSA) is 86.7 Å². The summed E-state index contributed by atoms with van der Waals surface area (Å²) in [5.74, 6) is -1.37. The van der Waals surface area contributed by atoms with Crippen LogP contribution < -0.4 is 5.32 Å². The fraction of sp³-hybridized carbons (Fsp3) is 0.500. The molecule has 2 amide bonds. The quantitative estimate of drug-likeness (QED) is 0.807. The second kappa shape index (κ2) is 8.07. The first-order chi connectivity index (χ1) is 12.5. The third kappa shape index (κ3) is 4.17. The predicted octanol–water partition coefficient (Wildman–Crippen LogP) is 1.43. The molecule has 0 aromatic heterocycles. The monoisotopic (exact) mass is 380 g/mol. The lowest BCUT2D eigenvalue weighted by molar-refractivity contribution is -0.141. The van der Waals surface area contributed by atoms with Crippen molar-refractivity contribution in [3.05, 3.63) is 35.6 Å². The normalized spacial score (nSPS) is 25.8. The Hall–Kier alpha value is -2.09. The van der Waals surface area contributed by atoms with Gasteiger partial charge in [-0.25, -0.2) is 4.39 Å². The third-order valence-electron chi connectivity index (χ3n) is 4.80. The van der Waals surface area contributed by atoms with E-state index in [1.54, 1.807) is 23.1 Å². The first kappa shape index (κ1) is 18.7. The molecular formula is C18H21FN2O4S. The van der Waals surface area contributed by atoms with E-state index in [4.69, 9.17) is 5.11 Å². The van der Waals surface area contributed by atoms with Gasteiger partial charge in [0.1, 0.15) is 11.9 Å². The number of carbonyl (C=O) groups is 3. The van der Waals surface area contributed by atoms with Gasteiger partial charge in [-0.2, -0.15) is 0 Å². The summed E-state index contributed by atoms with van der Waals surface area (Å²) in [6.45, 7) is 0.520. The number of nitrogens with zero attached hydrogens (tertiary/aromatic N) is 1. The molecule has 3 rings (SSSR count). The first-order valence-electron chi connectivity index (χ1n) is 8.63. The molecule has 2 aliphatic rings. The van der Waals surface area contributed by atoms with Crippen LogP contribution in [0.2, 0.25) is 0 Å². The molecule has 2 fully saturated rings. The Bertz CT molecular complexity index is 714. The number of halogens is 1. The number of benzene rings is 1. The van der Waals surface area contributed by atoms with E-state index >= 15 is 0 Å². The molecule has 0 radical (unpaired) electrons. The number of thioether (sulfide) groups is 1. The van der Waals surface area contributed by atoms with Gasteiger partial charge in [-0.1, -0.05) is 18.2 Å². The zero-order chi connectivity index (χ0) is 18.7. The highest BCUT2D eigenvalue weighted by Crippen LogP contribution is 2.26. The zero-order valence-electron chi connectivity index (χ0n) is 14.2. The van der Waals surface area contributed by atoms with Crippen molar-refractivity contribution < 1.29 is 23.9 Å². The molecular weight excluding hydrogens is 359 g/mol. The molecule has 8 heteroatoms. The summed E-state index contributed by atoms with van der Waals surface area (Å²) in [6.07, 6.45) is 1.64. The van der Waals surface area contributed by atoms with Gasteiger partial charge in [0.2, 0.25) is 11.8 Å². The minimum absolute atomic E-state index is 0.0740. The van der Waals surface area contributed by atoms with Gasteiger partial charge in [0.25, 0.3) is 0 Å². The largest absolute Gasteiger partial charge is 0.481 e. The molecule has 3 unspecified atom stereocenters. The minimum atomic E-state index is -0.929. The molecule has 0 bridgehead atoms. The van der Waals surface area contributed by atoms with Gasteiger partial charge in [-0.15, -0.1) is 11.8 Å². The van der Waals surface area contributed by atoms with Crippen LogP contribution in [0.3, 0.4) is 0 Å². The number of rotatable bonds is 5. The van der Waals surface area contributed by atoms with E-state index < -0.39 is 17.3 Å². The number of carboxylic acids is 1. The van der Waals surface area contributed by atoms with Gasteiger partial charge in [-0.3, -0.25) is 14.4 Å². The molecule has 1 aromatic rings. The average Bonchev–Trinajstić information content (AvgIpc) is 3.05. The maximum atomic E-state index is 13.8. The molecule has 0 saturated carbocycles. The first-order valence-corrected chi connectivity index (χ1v) is 9.68. The fourth-order valence-electron chi connectivity index (χ4n) is 3.48. The van der Waals surface area contributed by atoms with E-state index in [-0.39, 0.29) is 36.5 Å². The SMILES string of the molecule is O=C(O)CC1CCCN1C(=O)C1CSC(Cc2ccccc2F)C(=O)N1. The maximum Gasteiger partial charge on any atom is 0.305 e. The number of hydrogen-bond donors (Lipinski definition) is 2. The summed E-state index contributed by atoms with van der Waals surface area (Å²) < 4.78 is 13.8. The Morgan fingerprint density at radius 3 is 2.81 bits per heavy atom. The number of nitrogens with one attached hydrogen (secondary N) is 1. The van der Waals surface area contributed by atoms with Crippen molar-refractivity contribution in [1.29, 1.82) is 0 Å². The average molecular weight is 380 g/mol. The van der Waals surface area contributed by atoms with Crippen molar-refractivity contribution in [2.75, 3.05) is 12.3 Å². The van der Waals surface area contributed by atoms with Crippen molar-refractivity contribution in [1.82, 2.24) is 10.2 Å². The Balaban J connectivity index is 1.59. The molecule has 0 aliphatic carbocycles. The Labute approximate surface area is 155 Å². The van der Waals surface area contributed by atoms with Gasteiger partial charge in [0, 0.05) is 18.3 Å². The number of hydrogen-bond acceptors (Lipinski definition) is 4. The van der Waals surface area contributed by atoms with Crippen molar-refractivity contribution in [3.63, 3.8) is 0 Å². The Morgan fingerprint density at radius 2 is 2.12 bits per heavy atom. The van der Waals surface area contributed by atoms with Crippen LogP contribution in [0.25, 0.3) is 0 Å². The highest BCUT2D eigenvalue weighted by molar-refractivity contribution is 8.00. The van der Waals surface area contributed by atoms with Crippen molar-refractivity contribution in [2.24, 2.45) is 0 Å². The number of carbonyl (C=O) groups excluding carboxylic acids is 2. The zero-order valence-corrected chi connectivity index (χ0v) is 15.0. The van der Waals surface area contributed by atoms with Crippen molar-refractivity contribution in [2.45, 2.75) is 43.0 Å². The van der Waals surface area contributed by atoms with Crippen LogP contribution in [0.4, 0.5) is 4.39 Å². The third-order valence-corrected chi connectivity index (χ3v) is 6.11. The highest BCUT2D eigenvalue weighted by Gasteiger charge is 2.38. The van der Waals surface area contributed by atoms with Gasteiger partial charge >= 0.3 is 5.97 Å². The second-order valence-corrected chi connectivity index (χ2v) is 7.84. The van der Waals surface area contributed by atoms with E-state index in [2.05, 4.69) is 5.32 Å². The molecule has 3 atom stereocenters. The summed E-state index contributed by atoms with van der Waals surface area (Å²) in [7, 11) is 0. The molecule has 2 heterocycles. The Kier molecular flexibility index (Phi) is 5.80. The van der Waals surface area contributed by atoms with E-state index in [0.717, 1.165) is 6.42 Å². The summed E-state index contributed by atoms with van der Waals surface area (Å²) in [5.41, 5.74) is 0.478. The standard InChI is InChI=1S/C18H21FN2O4S/c19-13-6-2-1-4-11(13)8-15-17(24)20-14(10-26-15)18(25)21-7-3-5-12(21)9-16(22)23/h1-2,4,6,12,14-15H,3,5,7-10H2,(H,20,24)(H,22,23). The summed E-state index contributed by atoms with van der Waals surface area (Å²) in [4.78, 5) is 37.6. The van der Waals surface area contributed by atoms with Crippen LogP contribution in [0.15, 0.2) is 24.3 Å². The lowest BCUT2D eigenvalue weighted by atomic mass is 10.1. The molecule has 2 aliphatic heterocycles. The number of amides is 2. The van der Waals surface area contributed by atoms with Gasteiger partial charge in [0.05, 0.1) is 11.7 Å². The molecule has 2 saturated heterocycles. The van der Waals surface area contributed by atoms with Crippen LogP contribution in [0.1, 0.15) is 24.8 Å². The van der Waals surface area contributed by atoms with Crippen LogP contribution in [0, 0.1) is 5.82 Å². The summed E-state index contributed by atoms with van der Waals surface area (Å²) in [6, 6.07) is 5.39. The Morgan fingerprint density at radius 1 is 1.35 bits per heavy atom. The van der Waals surface area contributed by atoms with E-state index in [9.17, 15) is 18.8 Å². The van der Waals surface area contributed by atoms with Crippen LogP contribution in [0.5, 0.6) is 0 Å². The van der Waals surface area contributed by atoms with Gasteiger partial charge < -0.3 is 15.3 Å². The van der Waals surface area contributed by atoms with Crippen molar-refractivity contribution >= 4 is 29.5 Å². The molecule has 1 aromatic carbocycles. The van der Waals surface area contributed by atoms with Gasteiger partial charge in [-0.05, 0) is 30.9 Å². The van der Waals surface area contributed by atoms with E-state index in [0.29, 0.717) is 24.3 Å². The lowest BCUT2D eigenvalue weighted by Crippen LogP contribution is -2.56. The predicted molar refractivity (Wildman–Crippen MR) is 95.3 cm³/mol. The molecule has 140 valence electrons. The highest BCUT2D eigenvalue weighted by atomic mass is 32.2. The van der Waals surface area contributed by atoms with E-state index in [1.807, 2.05) is 0 Å².